The van der Waals surface area contributed by atoms with Gasteiger partial charge in [0.25, 0.3) is 5.91 Å². The Balaban J connectivity index is 1.97. The van der Waals surface area contributed by atoms with Gasteiger partial charge in [0.05, 0.1) is 13.0 Å². The third kappa shape index (κ3) is 2.50. The topological polar surface area (TPSA) is 55.8 Å². The zero-order valence-corrected chi connectivity index (χ0v) is 13.0. The maximum atomic E-state index is 12.8. The highest BCUT2D eigenvalue weighted by Crippen LogP contribution is 2.39. The number of ether oxygens (including phenoxy) is 2. The Bertz CT molecular complexity index is 580. The van der Waals surface area contributed by atoms with Gasteiger partial charge in [-0.2, -0.15) is 0 Å². The third-order valence-corrected chi connectivity index (χ3v) is 4.52. The first-order chi connectivity index (χ1) is 10.6. The van der Waals surface area contributed by atoms with Crippen LogP contribution in [0, 0.1) is 0 Å². The fourth-order valence-electron chi connectivity index (χ4n) is 3.44. The minimum Gasteiger partial charge on any atom is -0.469 e. The van der Waals surface area contributed by atoms with E-state index in [2.05, 4.69) is 0 Å². The fraction of sp³-hybridized carbons (Fsp3) is 0.529. The van der Waals surface area contributed by atoms with Crippen molar-refractivity contribution in [3.63, 3.8) is 0 Å². The van der Waals surface area contributed by atoms with Gasteiger partial charge in [0.1, 0.15) is 6.10 Å². The molecule has 2 aliphatic heterocycles. The van der Waals surface area contributed by atoms with E-state index in [1.54, 1.807) is 4.90 Å². The summed E-state index contributed by atoms with van der Waals surface area (Å²) < 4.78 is 10.5. The van der Waals surface area contributed by atoms with E-state index in [0.29, 0.717) is 13.0 Å². The van der Waals surface area contributed by atoms with E-state index < -0.39 is 0 Å². The molecule has 1 saturated heterocycles. The molecule has 5 heteroatoms. The van der Waals surface area contributed by atoms with Crippen LogP contribution in [0.15, 0.2) is 24.3 Å². The first kappa shape index (κ1) is 15.0. The molecule has 0 saturated carbocycles. The van der Waals surface area contributed by atoms with Crippen LogP contribution in [0.1, 0.15) is 37.7 Å². The Morgan fingerprint density at radius 2 is 2.09 bits per heavy atom. The number of anilines is 1. The Morgan fingerprint density at radius 1 is 1.32 bits per heavy atom. The molecular weight excluding hydrogens is 282 g/mol. The number of para-hydroxylation sites is 1. The van der Waals surface area contributed by atoms with Crippen molar-refractivity contribution in [3.05, 3.63) is 29.8 Å². The summed E-state index contributed by atoms with van der Waals surface area (Å²) in [7, 11) is 1.40. The molecule has 0 spiro atoms. The molecule has 0 N–H and O–H groups in total. The Morgan fingerprint density at radius 3 is 2.77 bits per heavy atom. The van der Waals surface area contributed by atoms with Crippen molar-refractivity contribution < 1.29 is 19.1 Å². The van der Waals surface area contributed by atoms with E-state index in [4.69, 9.17) is 9.47 Å². The van der Waals surface area contributed by atoms with Gasteiger partial charge in [-0.3, -0.25) is 9.59 Å². The van der Waals surface area contributed by atoms with Gasteiger partial charge in [-0.1, -0.05) is 18.2 Å². The zero-order chi connectivity index (χ0) is 15.7. The molecule has 0 aliphatic carbocycles. The molecule has 118 valence electrons. The van der Waals surface area contributed by atoms with Gasteiger partial charge in [0, 0.05) is 18.3 Å². The lowest BCUT2D eigenvalue weighted by atomic mass is 9.85. The van der Waals surface area contributed by atoms with Crippen LogP contribution in [0.4, 0.5) is 5.69 Å². The second-order valence-electron chi connectivity index (χ2n) is 5.93. The lowest BCUT2D eigenvalue weighted by molar-refractivity contribution is -0.143. The second-order valence-corrected chi connectivity index (χ2v) is 5.93. The number of hydrogen-bond acceptors (Lipinski definition) is 4. The molecular formula is C17H21NO4. The number of fused-ring (bicyclic) bond motifs is 1. The molecule has 1 aromatic rings. The predicted molar refractivity (Wildman–Crippen MR) is 81.7 cm³/mol. The molecule has 1 fully saturated rings. The molecule has 0 radical (unpaired) electrons. The number of esters is 1. The zero-order valence-electron chi connectivity index (χ0n) is 13.0. The van der Waals surface area contributed by atoms with Crippen molar-refractivity contribution in [1.82, 2.24) is 0 Å². The van der Waals surface area contributed by atoms with Crippen LogP contribution < -0.4 is 4.90 Å². The maximum absolute atomic E-state index is 12.8. The number of nitrogens with zero attached hydrogens (tertiary/aromatic N) is 1. The van der Waals surface area contributed by atoms with Gasteiger partial charge in [0.15, 0.2) is 0 Å². The number of hydrogen-bond donors (Lipinski definition) is 0. The molecule has 3 unspecified atom stereocenters. The van der Waals surface area contributed by atoms with E-state index in [1.807, 2.05) is 31.2 Å². The Labute approximate surface area is 130 Å². The predicted octanol–water partition coefficient (Wildman–Crippen LogP) is 2.25. The van der Waals surface area contributed by atoms with Crippen LogP contribution >= 0.6 is 0 Å². The summed E-state index contributed by atoms with van der Waals surface area (Å²) in [6.45, 7) is 2.61. The molecule has 2 aliphatic rings. The van der Waals surface area contributed by atoms with Crippen LogP contribution in [-0.2, 0) is 19.1 Å². The van der Waals surface area contributed by atoms with E-state index in [-0.39, 0.29) is 29.9 Å². The summed E-state index contributed by atoms with van der Waals surface area (Å²) >= 11 is 0. The first-order valence-corrected chi connectivity index (χ1v) is 7.75. The van der Waals surface area contributed by atoms with Crippen LogP contribution in [0.2, 0.25) is 0 Å². The number of carbonyl (C=O) groups is 2. The van der Waals surface area contributed by atoms with E-state index in [1.165, 1.54) is 7.11 Å². The van der Waals surface area contributed by atoms with Crippen LogP contribution in [-0.4, -0.2) is 37.7 Å². The average molecular weight is 303 g/mol. The van der Waals surface area contributed by atoms with Crippen molar-refractivity contribution in [1.29, 1.82) is 0 Å². The lowest BCUT2D eigenvalue weighted by Crippen LogP contribution is -2.48. The monoisotopic (exact) mass is 303 g/mol. The smallest absolute Gasteiger partial charge is 0.313 e. The van der Waals surface area contributed by atoms with Gasteiger partial charge in [0.2, 0.25) is 0 Å². The summed E-state index contributed by atoms with van der Waals surface area (Å²) in [4.78, 5) is 26.7. The average Bonchev–Trinajstić information content (AvgIpc) is 3.07. The fourth-order valence-corrected chi connectivity index (χ4v) is 3.44. The van der Waals surface area contributed by atoms with Gasteiger partial charge in [-0.15, -0.1) is 0 Å². The molecule has 2 heterocycles. The Kier molecular flexibility index (Phi) is 4.16. The summed E-state index contributed by atoms with van der Waals surface area (Å²) in [5, 5.41) is 0. The van der Waals surface area contributed by atoms with Crippen molar-refractivity contribution in [3.8, 4) is 0 Å². The molecule has 5 nitrogen and oxygen atoms in total. The highest BCUT2D eigenvalue weighted by atomic mass is 16.5. The SMILES string of the molecule is COC(=O)C1CC(C)N(C(=O)C2CCCO2)c2ccccc21. The largest absolute Gasteiger partial charge is 0.469 e. The molecule has 1 amide bonds. The highest BCUT2D eigenvalue weighted by Gasteiger charge is 2.40. The number of carbonyl (C=O) groups excluding carboxylic acids is 2. The second kappa shape index (κ2) is 6.08. The van der Waals surface area contributed by atoms with Crippen LogP contribution in [0.25, 0.3) is 0 Å². The number of rotatable bonds is 2. The molecule has 22 heavy (non-hydrogen) atoms. The molecule has 3 rings (SSSR count). The van der Waals surface area contributed by atoms with Crippen molar-refractivity contribution in [2.75, 3.05) is 18.6 Å². The third-order valence-electron chi connectivity index (χ3n) is 4.52. The minimum absolute atomic E-state index is 0.000709. The van der Waals surface area contributed by atoms with E-state index in [0.717, 1.165) is 24.1 Å². The molecule has 0 bridgehead atoms. The summed E-state index contributed by atoms with van der Waals surface area (Å²) in [5.41, 5.74) is 1.66. The van der Waals surface area contributed by atoms with Crippen molar-refractivity contribution >= 4 is 17.6 Å². The first-order valence-electron chi connectivity index (χ1n) is 7.75. The van der Waals surface area contributed by atoms with E-state index >= 15 is 0 Å². The number of benzene rings is 1. The standard InChI is InChI=1S/C17H21NO4/c1-11-10-13(17(20)21-2)12-6-3-4-7-14(12)18(11)16(19)15-8-5-9-22-15/h3-4,6-7,11,13,15H,5,8-10H2,1-2H3. The number of methoxy groups -OCH3 is 1. The number of amides is 1. The van der Waals surface area contributed by atoms with Gasteiger partial charge in [-0.05, 0) is 37.8 Å². The lowest BCUT2D eigenvalue weighted by Gasteiger charge is -2.39. The Hall–Kier alpha value is -1.88. The van der Waals surface area contributed by atoms with E-state index in [9.17, 15) is 9.59 Å². The molecule has 3 atom stereocenters. The van der Waals surface area contributed by atoms with Gasteiger partial charge in [-0.25, -0.2) is 0 Å². The normalized spacial score (nSPS) is 27.4. The van der Waals surface area contributed by atoms with Crippen molar-refractivity contribution in [2.45, 2.75) is 44.2 Å². The maximum Gasteiger partial charge on any atom is 0.313 e. The minimum atomic E-state index is -0.356. The van der Waals surface area contributed by atoms with Crippen molar-refractivity contribution in [2.24, 2.45) is 0 Å². The highest BCUT2D eigenvalue weighted by molar-refractivity contribution is 5.99. The molecule has 1 aromatic carbocycles. The summed E-state index contributed by atoms with van der Waals surface area (Å²) in [6, 6.07) is 7.52. The summed E-state index contributed by atoms with van der Waals surface area (Å²) in [6.07, 6.45) is 1.91. The van der Waals surface area contributed by atoms with Gasteiger partial charge >= 0.3 is 5.97 Å². The van der Waals surface area contributed by atoms with Gasteiger partial charge < -0.3 is 14.4 Å². The molecule has 0 aromatic heterocycles. The van der Waals surface area contributed by atoms with Crippen LogP contribution in [0.5, 0.6) is 0 Å². The summed E-state index contributed by atoms with van der Waals surface area (Å²) in [5.74, 6) is -0.561. The quantitative estimate of drug-likeness (QED) is 0.786. The van der Waals surface area contributed by atoms with Crippen LogP contribution in [0.3, 0.4) is 0 Å².